The molecule has 1 amide bonds. The summed E-state index contributed by atoms with van der Waals surface area (Å²) in [5, 5.41) is 11.3. The Morgan fingerprint density at radius 2 is 2.12 bits per heavy atom. The average molecular weight is 243 g/mol. The van der Waals surface area contributed by atoms with E-state index in [4.69, 9.17) is 9.84 Å². The van der Waals surface area contributed by atoms with Gasteiger partial charge in [-0.3, -0.25) is 9.59 Å². The third-order valence-electron chi connectivity index (χ3n) is 2.83. The van der Waals surface area contributed by atoms with Crippen molar-refractivity contribution in [3.8, 4) is 0 Å². The van der Waals surface area contributed by atoms with E-state index in [2.05, 4.69) is 5.32 Å². The molecule has 2 N–H and O–H groups in total. The zero-order valence-corrected chi connectivity index (χ0v) is 10.1. The predicted octanol–water partition coefficient (Wildman–Crippen LogP) is 1.32. The molecule has 98 valence electrons. The maximum Gasteiger partial charge on any atom is 0.303 e. The van der Waals surface area contributed by atoms with E-state index in [-0.39, 0.29) is 18.4 Å². The van der Waals surface area contributed by atoms with E-state index in [0.717, 1.165) is 32.3 Å². The van der Waals surface area contributed by atoms with Crippen LogP contribution in [0.3, 0.4) is 0 Å². The lowest BCUT2D eigenvalue weighted by Crippen LogP contribution is -2.28. The van der Waals surface area contributed by atoms with Crippen molar-refractivity contribution in [2.75, 3.05) is 13.2 Å². The van der Waals surface area contributed by atoms with E-state index < -0.39 is 5.97 Å². The van der Waals surface area contributed by atoms with Gasteiger partial charge in [-0.2, -0.15) is 0 Å². The van der Waals surface area contributed by atoms with Gasteiger partial charge in [-0.15, -0.1) is 0 Å². The second-order valence-corrected chi connectivity index (χ2v) is 4.39. The predicted molar refractivity (Wildman–Crippen MR) is 62.7 cm³/mol. The van der Waals surface area contributed by atoms with Crippen molar-refractivity contribution in [3.05, 3.63) is 0 Å². The van der Waals surface area contributed by atoms with Crippen LogP contribution < -0.4 is 5.32 Å². The van der Waals surface area contributed by atoms with Gasteiger partial charge in [0.05, 0.1) is 12.5 Å². The molecule has 1 unspecified atom stereocenters. The minimum absolute atomic E-state index is 0.0372. The molecule has 0 spiro atoms. The van der Waals surface area contributed by atoms with Gasteiger partial charge in [-0.05, 0) is 25.7 Å². The molecule has 1 heterocycles. The summed E-state index contributed by atoms with van der Waals surface area (Å²) >= 11 is 0. The van der Waals surface area contributed by atoms with Crippen LogP contribution in [0.1, 0.15) is 44.9 Å². The van der Waals surface area contributed by atoms with Crippen LogP contribution in [0.5, 0.6) is 0 Å². The van der Waals surface area contributed by atoms with Crippen molar-refractivity contribution >= 4 is 11.9 Å². The highest BCUT2D eigenvalue weighted by atomic mass is 16.5. The fraction of sp³-hybridized carbons (Fsp3) is 0.833. The Kier molecular flexibility index (Phi) is 6.62. The topological polar surface area (TPSA) is 75.6 Å². The number of nitrogens with one attached hydrogen (secondary N) is 1. The van der Waals surface area contributed by atoms with Gasteiger partial charge >= 0.3 is 5.97 Å². The number of carboxylic acids is 1. The van der Waals surface area contributed by atoms with E-state index in [0.29, 0.717) is 19.4 Å². The third kappa shape index (κ3) is 6.94. The summed E-state index contributed by atoms with van der Waals surface area (Å²) in [6.07, 6.45) is 5.15. The molecular weight excluding hydrogens is 222 g/mol. The number of carbonyl (C=O) groups excluding carboxylic acids is 1. The molecule has 1 fully saturated rings. The van der Waals surface area contributed by atoms with Gasteiger partial charge in [0.1, 0.15) is 0 Å². The molecule has 0 aromatic rings. The fourth-order valence-corrected chi connectivity index (χ4v) is 1.89. The minimum atomic E-state index is -0.757. The van der Waals surface area contributed by atoms with Gasteiger partial charge < -0.3 is 15.2 Å². The molecule has 0 aliphatic carbocycles. The molecule has 0 saturated carbocycles. The van der Waals surface area contributed by atoms with Gasteiger partial charge in [-0.25, -0.2) is 0 Å². The number of unbranched alkanes of at least 4 members (excludes halogenated alkanes) is 2. The summed E-state index contributed by atoms with van der Waals surface area (Å²) in [5.74, 6) is -0.720. The Hall–Kier alpha value is -1.10. The second kappa shape index (κ2) is 8.06. The van der Waals surface area contributed by atoms with Crippen molar-refractivity contribution in [3.63, 3.8) is 0 Å². The highest BCUT2D eigenvalue weighted by molar-refractivity contribution is 5.76. The number of hydrogen-bond acceptors (Lipinski definition) is 3. The van der Waals surface area contributed by atoms with E-state index in [1.54, 1.807) is 0 Å². The largest absolute Gasteiger partial charge is 0.481 e. The normalized spacial score (nSPS) is 19.2. The molecule has 1 rings (SSSR count). The van der Waals surface area contributed by atoms with E-state index >= 15 is 0 Å². The molecule has 1 atom stereocenters. The van der Waals surface area contributed by atoms with Crippen molar-refractivity contribution in [2.45, 2.75) is 51.0 Å². The summed E-state index contributed by atoms with van der Waals surface area (Å²) in [5.41, 5.74) is 0. The Morgan fingerprint density at radius 1 is 1.29 bits per heavy atom. The van der Waals surface area contributed by atoms with Crippen LogP contribution in [0, 0.1) is 0 Å². The molecule has 5 nitrogen and oxygen atoms in total. The van der Waals surface area contributed by atoms with Crippen molar-refractivity contribution < 1.29 is 19.4 Å². The molecule has 0 aromatic carbocycles. The van der Waals surface area contributed by atoms with Crippen molar-refractivity contribution in [1.82, 2.24) is 5.32 Å². The SMILES string of the molecule is O=C(O)CCCCCNC(=O)CC1CCCO1. The second-order valence-electron chi connectivity index (χ2n) is 4.39. The fourth-order valence-electron chi connectivity index (χ4n) is 1.89. The van der Waals surface area contributed by atoms with Crippen molar-refractivity contribution in [1.29, 1.82) is 0 Å². The number of carbonyl (C=O) groups is 2. The first-order chi connectivity index (χ1) is 8.18. The highest BCUT2D eigenvalue weighted by Gasteiger charge is 2.18. The van der Waals surface area contributed by atoms with Crippen LogP contribution in [0.2, 0.25) is 0 Å². The monoisotopic (exact) mass is 243 g/mol. The third-order valence-corrected chi connectivity index (χ3v) is 2.83. The molecule has 17 heavy (non-hydrogen) atoms. The Balaban J connectivity index is 1.91. The first-order valence-electron chi connectivity index (χ1n) is 6.28. The average Bonchev–Trinajstić information content (AvgIpc) is 2.75. The van der Waals surface area contributed by atoms with E-state index in [9.17, 15) is 9.59 Å². The summed E-state index contributed by atoms with van der Waals surface area (Å²) in [6, 6.07) is 0. The standard InChI is InChI=1S/C12H21NO4/c14-11(9-10-5-4-8-17-10)13-7-3-1-2-6-12(15)16/h10H,1-9H2,(H,13,14)(H,15,16). The first kappa shape index (κ1) is 14.0. The summed E-state index contributed by atoms with van der Waals surface area (Å²) in [4.78, 5) is 21.7. The molecule has 0 radical (unpaired) electrons. The van der Waals surface area contributed by atoms with Crippen LogP contribution in [-0.4, -0.2) is 36.2 Å². The van der Waals surface area contributed by atoms with Crippen LogP contribution >= 0.6 is 0 Å². The maximum absolute atomic E-state index is 11.5. The van der Waals surface area contributed by atoms with Gasteiger partial charge in [0, 0.05) is 19.6 Å². The van der Waals surface area contributed by atoms with Crippen LogP contribution in [0.4, 0.5) is 0 Å². The maximum atomic E-state index is 11.5. The zero-order valence-electron chi connectivity index (χ0n) is 10.1. The van der Waals surface area contributed by atoms with E-state index in [1.165, 1.54) is 0 Å². The summed E-state index contributed by atoms with van der Waals surface area (Å²) in [7, 11) is 0. The number of rotatable bonds is 8. The van der Waals surface area contributed by atoms with Gasteiger partial charge in [0.15, 0.2) is 0 Å². The lowest BCUT2D eigenvalue weighted by Gasteiger charge is -2.09. The Morgan fingerprint density at radius 3 is 2.76 bits per heavy atom. The molecule has 1 aliphatic heterocycles. The van der Waals surface area contributed by atoms with Crippen LogP contribution in [0.25, 0.3) is 0 Å². The lowest BCUT2D eigenvalue weighted by molar-refractivity contribution is -0.137. The molecular formula is C12H21NO4. The van der Waals surface area contributed by atoms with Crippen LogP contribution in [-0.2, 0) is 14.3 Å². The zero-order chi connectivity index (χ0) is 12.5. The number of hydrogen-bond donors (Lipinski definition) is 2. The molecule has 0 aromatic heterocycles. The molecule has 5 heteroatoms. The summed E-state index contributed by atoms with van der Waals surface area (Å²) < 4.78 is 5.37. The van der Waals surface area contributed by atoms with E-state index in [1.807, 2.05) is 0 Å². The highest BCUT2D eigenvalue weighted by Crippen LogP contribution is 2.14. The number of aliphatic carboxylic acids is 1. The van der Waals surface area contributed by atoms with Crippen LogP contribution in [0.15, 0.2) is 0 Å². The minimum Gasteiger partial charge on any atom is -0.481 e. The molecule has 1 saturated heterocycles. The van der Waals surface area contributed by atoms with Gasteiger partial charge in [0.2, 0.25) is 5.91 Å². The first-order valence-corrected chi connectivity index (χ1v) is 6.28. The van der Waals surface area contributed by atoms with Gasteiger partial charge in [0.25, 0.3) is 0 Å². The number of amides is 1. The number of ether oxygens (including phenoxy) is 1. The number of carboxylic acid groups (broad SMARTS) is 1. The smallest absolute Gasteiger partial charge is 0.303 e. The van der Waals surface area contributed by atoms with Gasteiger partial charge in [-0.1, -0.05) is 6.42 Å². The Labute approximate surface area is 102 Å². The molecule has 1 aliphatic rings. The summed E-state index contributed by atoms with van der Waals surface area (Å²) in [6.45, 7) is 1.40. The van der Waals surface area contributed by atoms with Crippen molar-refractivity contribution in [2.24, 2.45) is 0 Å². The Bertz CT molecular complexity index is 249. The molecule has 0 bridgehead atoms. The lowest BCUT2D eigenvalue weighted by atomic mass is 10.1. The quantitative estimate of drug-likeness (QED) is 0.630.